The number of carbonyl (C=O) groups is 1. The van der Waals surface area contributed by atoms with Gasteiger partial charge in [-0.1, -0.05) is 60.2 Å². The van der Waals surface area contributed by atoms with Crippen molar-refractivity contribution >= 4 is 15.6 Å². The van der Waals surface area contributed by atoms with Crippen molar-refractivity contribution in [2.75, 3.05) is 0 Å². The molecule has 0 aromatic heterocycles. The van der Waals surface area contributed by atoms with Gasteiger partial charge < -0.3 is 5.11 Å². The van der Waals surface area contributed by atoms with Gasteiger partial charge in [0.2, 0.25) is 9.84 Å². The molecule has 6 heteroatoms. The van der Waals surface area contributed by atoms with Gasteiger partial charge in [0.1, 0.15) is 0 Å². The number of ketones is 1. The molecule has 0 saturated carbocycles. The molecule has 3 aromatic carbocycles. The highest BCUT2D eigenvalue weighted by atomic mass is 32.2. The first-order valence-electron chi connectivity index (χ1n) is 8.48. The first kappa shape index (κ1) is 19.5. The number of sulfone groups is 1. The molecule has 0 aliphatic rings. The van der Waals surface area contributed by atoms with Crippen LogP contribution in [0.5, 0.6) is 0 Å². The lowest BCUT2D eigenvalue weighted by molar-refractivity contribution is 0.103. The van der Waals surface area contributed by atoms with Crippen LogP contribution in [0.15, 0.2) is 82.6 Å². The predicted molar refractivity (Wildman–Crippen MR) is 104 cm³/mol. The Bertz CT molecular complexity index is 1160. The van der Waals surface area contributed by atoms with Crippen LogP contribution in [0.1, 0.15) is 33.2 Å². The highest BCUT2D eigenvalue weighted by Gasteiger charge is 2.30. The van der Waals surface area contributed by atoms with Crippen molar-refractivity contribution in [1.29, 1.82) is 5.26 Å². The third-order valence-corrected chi connectivity index (χ3v) is 6.23. The van der Waals surface area contributed by atoms with E-state index in [0.717, 1.165) is 5.56 Å². The van der Waals surface area contributed by atoms with Crippen molar-refractivity contribution < 1.29 is 18.3 Å². The fourth-order valence-corrected chi connectivity index (χ4v) is 4.57. The zero-order chi connectivity index (χ0) is 20.3. The molecule has 0 bridgehead atoms. The van der Waals surface area contributed by atoms with Gasteiger partial charge in [-0.05, 0) is 25.1 Å². The molecular formula is C22H17NO4S. The molecule has 3 rings (SSSR count). The molecule has 0 aliphatic heterocycles. The van der Waals surface area contributed by atoms with E-state index in [4.69, 9.17) is 5.26 Å². The molecule has 0 heterocycles. The lowest BCUT2D eigenvalue weighted by Gasteiger charge is -2.16. The number of nitrogens with zero attached hydrogens (tertiary/aromatic N) is 1. The summed E-state index contributed by atoms with van der Waals surface area (Å²) in [5.74, 6) is -0.502. The number of carbonyl (C=O) groups excluding carboxylic acids is 1. The summed E-state index contributed by atoms with van der Waals surface area (Å²) >= 11 is 0. The molecule has 3 aromatic rings. The van der Waals surface area contributed by atoms with Crippen molar-refractivity contribution in [3.63, 3.8) is 0 Å². The second-order valence-electron chi connectivity index (χ2n) is 6.27. The maximum Gasteiger partial charge on any atom is 0.207 e. The predicted octanol–water partition coefficient (Wildman–Crippen LogP) is 3.62. The molecular weight excluding hydrogens is 374 g/mol. The maximum absolute atomic E-state index is 13.4. The van der Waals surface area contributed by atoms with E-state index in [-0.39, 0.29) is 20.9 Å². The molecule has 0 saturated heterocycles. The van der Waals surface area contributed by atoms with E-state index in [9.17, 15) is 18.3 Å². The Morgan fingerprint density at radius 2 is 1.61 bits per heavy atom. The Morgan fingerprint density at radius 1 is 0.964 bits per heavy atom. The number of aliphatic hydroxyl groups excluding tert-OH is 1. The van der Waals surface area contributed by atoms with Gasteiger partial charge >= 0.3 is 0 Å². The molecule has 0 amide bonds. The van der Waals surface area contributed by atoms with Gasteiger partial charge in [0.25, 0.3) is 0 Å². The standard InChI is InChI=1S/C22H17NO4S/c1-15-10-12-17(13-11-15)28(26,27)22-18(20(24)14-23)8-5-9-19(22)21(25)16-6-3-2-4-7-16/h2-13,20,24H,1H3. The van der Waals surface area contributed by atoms with Gasteiger partial charge in [0, 0.05) is 16.7 Å². The van der Waals surface area contributed by atoms with Gasteiger partial charge in [-0.3, -0.25) is 4.79 Å². The monoisotopic (exact) mass is 391 g/mol. The Kier molecular flexibility index (Phi) is 5.41. The number of hydrogen-bond donors (Lipinski definition) is 1. The highest BCUT2D eigenvalue weighted by molar-refractivity contribution is 7.91. The third kappa shape index (κ3) is 3.58. The van der Waals surface area contributed by atoms with Crippen LogP contribution in [-0.4, -0.2) is 19.3 Å². The Balaban J connectivity index is 2.30. The van der Waals surface area contributed by atoms with E-state index in [2.05, 4.69) is 0 Å². The Labute approximate surface area is 163 Å². The summed E-state index contributed by atoms with van der Waals surface area (Å²) in [5, 5.41) is 19.3. The smallest absolute Gasteiger partial charge is 0.207 e. The molecule has 28 heavy (non-hydrogen) atoms. The van der Waals surface area contributed by atoms with Crippen LogP contribution in [0.4, 0.5) is 0 Å². The first-order chi connectivity index (χ1) is 13.4. The molecule has 0 radical (unpaired) electrons. The summed E-state index contributed by atoms with van der Waals surface area (Å²) in [6, 6.07) is 20.3. The summed E-state index contributed by atoms with van der Waals surface area (Å²) in [4.78, 5) is 12.7. The Morgan fingerprint density at radius 3 is 2.21 bits per heavy atom. The minimum atomic E-state index is -4.16. The molecule has 1 unspecified atom stereocenters. The van der Waals surface area contributed by atoms with Crippen molar-refractivity contribution in [2.45, 2.75) is 22.8 Å². The number of rotatable bonds is 5. The van der Waals surface area contributed by atoms with Crippen LogP contribution in [0, 0.1) is 18.3 Å². The molecule has 1 N–H and O–H groups in total. The second kappa shape index (κ2) is 7.77. The largest absolute Gasteiger partial charge is 0.374 e. The number of hydrogen-bond acceptors (Lipinski definition) is 5. The van der Waals surface area contributed by atoms with Crippen molar-refractivity contribution in [3.05, 3.63) is 95.1 Å². The van der Waals surface area contributed by atoms with Gasteiger partial charge in [0.15, 0.2) is 11.9 Å². The van der Waals surface area contributed by atoms with Crippen LogP contribution >= 0.6 is 0 Å². The SMILES string of the molecule is Cc1ccc(S(=O)(=O)c2c(C(=O)c3ccccc3)cccc2C(O)C#N)cc1. The molecule has 5 nitrogen and oxygen atoms in total. The van der Waals surface area contributed by atoms with E-state index < -0.39 is 21.7 Å². The van der Waals surface area contributed by atoms with Crippen LogP contribution in [0.25, 0.3) is 0 Å². The molecule has 0 spiro atoms. The van der Waals surface area contributed by atoms with Crippen LogP contribution in [0.2, 0.25) is 0 Å². The van der Waals surface area contributed by atoms with E-state index in [1.54, 1.807) is 48.5 Å². The van der Waals surface area contributed by atoms with E-state index >= 15 is 0 Å². The summed E-state index contributed by atoms with van der Waals surface area (Å²) in [6.45, 7) is 1.83. The third-order valence-electron chi connectivity index (χ3n) is 4.34. The van der Waals surface area contributed by atoms with Crippen LogP contribution in [0.3, 0.4) is 0 Å². The number of aryl methyl sites for hydroxylation is 1. The quantitative estimate of drug-likeness (QED) is 0.529. The van der Waals surface area contributed by atoms with Gasteiger partial charge in [0.05, 0.1) is 15.9 Å². The normalized spacial score (nSPS) is 12.2. The number of nitriles is 1. The topological polar surface area (TPSA) is 95.2 Å². The minimum Gasteiger partial charge on any atom is -0.374 e. The van der Waals surface area contributed by atoms with E-state index in [1.165, 1.54) is 30.3 Å². The lowest BCUT2D eigenvalue weighted by Crippen LogP contribution is -2.15. The maximum atomic E-state index is 13.4. The summed E-state index contributed by atoms with van der Waals surface area (Å²) in [7, 11) is -4.16. The van der Waals surface area contributed by atoms with E-state index in [0.29, 0.717) is 5.56 Å². The van der Waals surface area contributed by atoms with Gasteiger partial charge in [-0.25, -0.2) is 8.42 Å². The number of aliphatic hydroxyl groups is 1. The molecule has 0 fully saturated rings. The van der Waals surface area contributed by atoms with Crippen LogP contribution < -0.4 is 0 Å². The highest BCUT2D eigenvalue weighted by Crippen LogP contribution is 2.32. The lowest BCUT2D eigenvalue weighted by atomic mass is 9.99. The zero-order valence-corrected chi connectivity index (χ0v) is 15.8. The summed E-state index contributed by atoms with van der Waals surface area (Å²) in [6.07, 6.45) is -1.68. The summed E-state index contributed by atoms with van der Waals surface area (Å²) < 4.78 is 26.7. The average molecular weight is 391 g/mol. The zero-order valence-electron chi connectivity index (χ0n) is 15.0. The van der Waals surface area contributed by atoms with Crippen LogP contribution in [-0.2, 0) is 9.84 Å². The second-order valence-corrected chi connectivity index (χ2v) is 8.15. The Hall–Kier alpha value is -3.27. The van der Waals surface area contributed by atoms with E-state index in [1.807, 2.05) is 6.92 Å². The van der Waals surface area contributed by atoms with Crippen molar-refractivity contribution in [2.24, 2.45) is 0 Å². The first-order valence-corrected chi connectivity index (χ1v) is 9.96. The molecule has 140 valence electrons. The fraction of sp³-hybridized carbons (Fsp3) is 0.0909. The number of benzene rings is 3. The van der Waals surface area contributed by atoms with Crippen molar-refractivity contribution in [3.8, 4) is 6.07 Å². The average Bonchev–Trinajstić information content (AvgIpc) is 2.73. The van der Waals surface area contributed by atoms with Gasteiger partial charge in [-0.2, -0.15) is 5.26 Å². The molecule has 0 aliphatic carbocycles. The van der Waals surface area contributed by atoms with Crippen molar-refractivity contribution in [1.82, 2.24) is 0 Å². The molecule has 1 atom stereocenters. The summed E-state index contributed by atoms with van der Waals surface area (Å²) in [5.41, 5.74) is 0.986. The fourth-order valence-electron chi connectivity index (χ4n) is 2.90. The minimum absolute atomic E-state index is 0.0159. The van der Waals surface area contributed by atoms with Gasteiger partial charge in [-0.15, -0.1) is 0 Å².